The molecule has 3 heterocycles. The summed E-state index contributed by atoms with van der Waals surface area (Å²) < 4.78 is 4.63. The second-order valence-electron chi connectivity index (χ2n) is 6.51. The topological polar surface area (TPSA) is 30.1 Å². The minimum absolute atomic E-state index is 0.413. The highest BCUT2D eigenvalue weighted by atomic mass is 16.3. The van der Waals surface area contributed by atoms with Gasteiger partial charge in [0.1, 0.15) is 5.75 Å². The zero-order valence-corrected chi connectivity index (χ0v) is 17.3. The van der Waals surface area contributed by atoms with E-state index < -0.39 is 0 Å². The number of phenolic OH excluding ortho intramolecular Hbond substituents is 1. The van der Waals surface area contributed by atoms with Crippen LogP contribution >= 0.6 is 0 Å². The van der Waals surface area contributed by atoms with Gasteiger partial charge in [-0.15, -0.1) is 0 Å². The molecular formula is C24H30N2O. The number of fused-ring (bicyclic) bond motifs is 4. The van der Waals surface area contributed by atoms with Crippen LogP contribution in [0.4, 0.5) is 0 Å². The normalized spacial score (nSPS) is 11.9. The van der Waals surface area contributed by atoms with Gasteiger partial charge in [0.2, 0.25) is 0 Å². The van der Waals surface area contributed by atoms with E-state index in [9.17, 15) is 5.11 Å². The molecule has 1 N–H and O–H groups in total. The molecule has 1 aliphatic heterocycles. The number of aromatic nitrogens is 2. The van der Waals surface area contributed by atoms with Gasteiger partial charge < -0.3 is 14.2 Å². The Labute approximate surface area is 161 Å². The Morgan fingerprint density at radius 1 is 0.852 bits per heavy atom. The van der Waals surface area contributed by atoms with Crippen LogP contribution in [0.2, 0.25) is 0 Å². The minimum Gasteiger partial charge on any atom is -0.505 e. The first-order valence-corrected chi connectivity index (χ1v) is 10.1. The van der Waals surface area contributed by atoms with Gasteiger partial charge in [0.05, 0.1) is 16.7 Å². The summed E-state index contributed by atoms with van der Waals surface area (Å²) in [5, 5.41) is 13.1. The van der Waals surface area contributed by atoms with E-state index in [-0.39, 0.29) is 0 Å². The van der Waals surface area contributed by atoms with Gasteiger partial charge in [-0.1, -0.05) is 58.0 Å². The molecule has 0 spiro atoms. The second-order valence-corrected chi connectivity index (χ2v) is 6.51. The molecule has 0 amide bonds. The van der Waals surface area contributed by atoms with Gasteiger partial charge in [-0.3, -0.25) is 0 Å². The smallest absolute Gasteiger partial charge is 0.142 e. The summed E-state index contributed by atoms with van der Waals surface area (Å²) in [6, 6.07) is 12.8. The maximum absolute atomic E-state index is 10.7. The number of rotatable bonds is 0. The lowest BCUT2D eigenvalue weighted by molar-refractivity contribution is 0.472. The van der Waals surface area contributed by atoms with Crippen molar-refractivity contribution in [2.24, 2.45) is 0 Å². The van der Waals surface area contributed by atoms with Crippen molar-refractivity contribution >= 4 is 21.8 Å². The molecule has 2 aromatic carbocycles. The summed E-state index contributed by atoms with van der Waals surface area (Å²) in [6.45, 7) is 13.9. The quantitative estimate of drug-likeness (QED) is 0.373. The zero-order valence-electron chi connectivity index (χ0n) is 17.3. The van der Waals surface area contributed by atoms with Crippen molar-refractivity contribution in [1.29, 1.82) is 0 Å². The molecule has 3 nitrogen and oxygen atoms in total. The summed E-state index contributed by atoms with van der Waals surface area (Å²) in [6.07, 6.45) is 2.17. The van der Waals surface area contributed by atoms with E-state index in [0.717, 1.165) is 29.6 Å². The first-order chi connectivity index (χ1) is 13.2. The van der Waals surface area contributed by atoms with E-state index in [1.54, 1.807) is 0 Å². The fourth-order valence-corrected chi connectivity index (χ4v) is 4.12. The molecule has 0 atom stereocenters. The Balaban J connectivity index is 0.000000495. The Kier molecular flexibility index (Phi) is 5.31. The van der Waals surface area contributed by atoms with Crippen molar-refractivity contribution in [2.75, 3.05) is 0 Å². The number of hydrogen-bond acceptors (Lipinski definition) is 1. The lowest BCUT2D eigenvalue weighted by Crippen LogP contribution is -2.04. The van der Waals surface area contributed by atoms with Gasteiger partial charge in [0, 0.05) is 35.6 Å². The molecule has 3 heteroatoms. The van der Waals surface area contributed by atoms with Crippen molar-refractivity contribution in [2.45, 2.75) is 54.6 Å². The Bertz CT molecular complexity index is 1100. The standard InChI is InChI=1S/C20H18N2O.2C2H6/c1-12-6-7-15-13(2)17-16-5-3-4-14-8-9-21(18(14)16)10-11-22(17)19(15)20(12)23;2*1-2/h3-9,23H,10-11H2,1-2H3;2*1-2H3. The number of aromatic hydroxyl groups is 1. The summed E-state index contributed by atoms with van der Waals surface area (Å²) in [7, 11) is 0. The van der Waals surface area contributed by atoms with Gasteiger partial charge in [0.15, 0.2) is 0 Å². The SMILES string of the molecule is CC.CC.Cc1ccc2c(C)c3n(c2c1O)CCn1ccc2cccc-3c21. The molecule has 0 fully saturated rings. The summed E-state index contributed by atoms with van der Waals surface area (Å²) in [5.41, 5.74) is 6.95. The molecule has 2 aromatic heterocycles. The highest BCUT2D eigenvalue weighted by Crippen LogP contribution is 2.42. The predicted molar refractivity (Wildman–Crippen MR) is 117 cm³/mol. The van der Waals surface area contributed by atoms with Crippen LogP contribution in [0.3, 0.4) is 0 Å². The van der Waals surface area contributed by atoms with E-state index in [1.165, 1.54) is 27.7 Å². The third kappa shape index (κ3) is 2.73. The fraction of sp³-hybridized carbons (Fsp3) is 0.333. The minimum atomic E-state index is 0.413. The summed E-state index contributed by atoms with van der Waals surface area (Å²) >= 11 is 0. The number of hydrogen-bond donors (Lipinski definition) is 1. The third-order valence-electron chi connectivity index (χ3n) is 5.26. The van der Waals surface area contributed by atoms with Gasteiger partial charge in [-0.2, -0.15) is 0 Å². The molecule has 142 valence electrons. The summed E-state index contributed by atoms with van der Waals surface area (Å²) in [5.74, 6) is 0.413. The maximum atomic E-state index is 10.7. The van der Waals surface area contributed by atoms with Crippen molar-refractivity contribution in [1.82, 2.24) is 9.13 Å². The van der Waals surface area contributed by atoms with E-state index >= 15 is 0 Å². The largest absolute Gasteiger partial charge is 0.505 e. The molecule has 27 heavy (non-hydrogen) atoms. The van der Waals surface area contributed by atoms with E-state index in [4.69, 9.17) is 0 Å². The van der Waals surface area contributed by atoms with Crippen molar-refractivity contribution in [3.63, 3.8) is 0 Å². The molecule has 4 aromatic rings. The average Bonchev–Trinajstić information content (AvgIpc) is 3.19. The van der Waals surface area contributed by atoms with Crippen LogP contribution in [0.5, 0.6) is 5.75 Å². The van der Waals surface area contributed by atoms with E-state index in [2.05, 4.69) is 52.6 Å². The first kappa shape index (κ1) is 19.1. The lowest BCUT2D eigenvalue weighted by atomic mass is 10.0. The molecule has 0 saturated carbocycles. The van der Waals surface area contributed by atoms with Crippen LogP contribution in [0.15, 0.2) is 42.6 Å². The van der Waals surface area contributed by atoms with Crippen LogP contribution in [0.1, 0.15) is 38.8 Å². The second kappa shape index (κ2) is 7.51. The number of phenols is 1. The maximum Gasteiger partial charge on any atom is 0.142 e. The van der Waals surface area contributed by atoms with Crippen LogP contribution in [0, 0.1) is 13.8 Å². The molecule has 0 radical (unpaired) electrons. The highest BCUT2D eigenvalue weighted by Gasteiger charge is 2.23. The molecule has 0 aliphatic carbocycles. The highest BCUT2D eigenvalue weighted by molar-refractivity contribution is 6.02. The van der Waals surface area contributed by atoms with Gasteiger partial charge in [0.25, 0.3) is 0 Å². The van der Waals surface area contributed by atoms with Crippen LogP contribution in [-0.2, 0) is 13.1 Å². The average molecular weight is 363 g/mol. The Hall–Kier alpha value is -2.68. The molecule has 0 saturated heterocycles. The monoisotopic (exact) mass is 362 g/mol. The molecule has 0 unspecified atom stereocenters. The van der Waals surface area contributed by atoms with E-state index in [0.29, 0.717) is 5.75 Å². The molecule has 0 bridgehead atoms. The summed E-state index contributed by atoms with van der Waals surface area (Å²) in [4.78, 5) is 0. The van der Waals surface area contributed by atoms with Crippen molar-refractivity contribution in [3.05, 3.63) is 53.7 Å². The van der Waals surface area contributed by atoms with Gasteiger partial charge >= 0.3 is 0 Å². The van der Waals surface area contributed by atoms with Gasteiger partial charge in [-0.05, 0) is 31.0 Å². The van der Waals surface area contributed by atoms with Crippen LogP contribution < -0.4 is 0 Å². The van der Waals surface area contributed by atoms with Crippen LogP contribution in [0.25, 0.3) is 33.1 Å². The number of nitrogens with zero attached hydrogens (tertiary/aromatic N) is 2. The lowest BCUT2D eigenvalue weighted by Gasteiger charge is -2.10. The van der Waals surface area contributed by atoms with Crippen LogP contribution in [-0.4, -0.2) is 14.2 Å². The molecule has 1 aliphatic rings. The van der Waals surface area contributed by atoms with Crippen molar-refractivity contribution < 1.29 is 5.11 Å². The van der Waals surface area contributed by atoms with E-state index in [1.807, 2.05) is 40.7 Å². The third-order valence-corrected chi connectivity index (χ3v) is 5.26. The fourth-order valence-electron chi connectivity index (χ4n) is 4.12. The van der Waals surface area contributed by atoms with Gasteiger partial charge in [-0.25, -0.2) is 0 Å². The number of para-hydroxylation sites is 1. The zero-order chi connectivity index (χ0) is 19.7. The number of benzene rings is 2. The molecular weight excluding hydrogens is 332 g/mol. The molecule has 5 rings (SSSR count). The predicted octanol–water partition coefficient (Wildman–Crippen LogP) is 6.65. The first-order valence-electron chi connectivity index (χ1n) is 10.1. The van der Waals surface area contributed by atoms with Crippen molar-refractivity contribution in [3.8, 4) is 17.0 Å². The Morgan fingerprint density at radius 3 is 2.33 bits per heavy atom. The number of aryl methyl sites for hydroxylation is 4. The Morgan fingerprint density at radius 2 is 1.59 bits per heavy atom.